The van der Waals surface area contributed by atoms with Crippen LogP contribution in [0.2, 0.25) is 22.2 Å². The van der Waals surface area contributed by atoms with E-state index >= 15 is 0 Å². The van der Waals surface area contributed by atoms with Gasteiger partial charge >= 0.3 is 17.1 Å². The second-order valence-corrected chi connectivity index (χ2v) is 20.1. The summed E-state index contributed by atoms with van der Waals surface area (Å²) in [6.45, 7) is 21.6. The molecule has 2 aromatic heterocycles. The van der Waals surface area contributed by atoms with Crippen LogP contribution in [0, 0.1) is 13.8 Å². The largest absolute Gasteiger partial charge is 0.414 e. The van der Waals surface area contributed by atoms with Crippen LogP contribution in [0.1, 0.15) is 73.1 Å². The van der Waals surface area contributed by atoms with Crippen molar-refractivity contribution in [1.82, 2.24) is 19.5 Å². The van der Waals surface area contributed by atoms with Gasteiger partial charge < -0.3 is 22.8 Å². The van der Waals surface area contributed by atoms with E-state index < -0.39 is 41.7 Å². The highest BCUT2D eigenvalue weighted by atomic mass is 28.5. The predicted octanol–water partition coefficient (Wildman–Crippen LogP) is 4.66. The van der Waals surface area contributed by atoms with Gasteiger partial charge in [-0.05, 0) is 36.0 Å². The smallest absolute Gasteiger partial charge is 0.335 e. The maximum atomic E-state index is 11.6. The third kappa shape index (κ3) is 4.32. The molecule has 0 bridgehead atoms. The third-order valence-corrected chi connectivity index (χ3v) is 17.9. The van der Waals surface area contributed by atoms with Crippen molar-refractivity contribution < 1.29 is 22.8 Å². The Balaban J connectivity index is 1.78. The quantitative estimate of drug-likeness (QED) is 0.566. The van der Waals surface area contributed by atoms with Crippen LogP contribution >= 0.6 is 0 Å². The standard InChI is InChI=1S/C24H42N4O5Si2/c1-13(2)34(14(3)4)30-11-19-22(32-35(33-34,15(5)6)16(7)8)21(29)24(31-19)28-12-25-20-17(9)26-18(10)27-23(20)28/h12-16,19,21-22,24,29H,11H2,1-10H3/t19-,21?,22+,24-/m1/s1. The van der Waals surface area contributed by atoms with E-state index in [1.165, 1.54) is 0 Å². The van der Waals surface area contributed by atoms with Gasteiger partial charge in [-0.15, -0.1) is 0 Å². The normalized spacial score (nSPS) is 28.8. The van der Waals surface area contributed by atoms with Crippen LogP contribution in [0.3, 0.4) is 0 Å². The Bertz CT molecular complexity index is 1040. The van der Waals surface area contributed by atoms with E-state index in [2.05, 4.69) is 70.3 Å². The number of aliphatic hydroxyl groups is 1. The summed E-state index contributed by atoms with van der Waals surface area (Å²) in [7, 11) is -5.52. The highest BCUT2D eigenvalue weighted by Crippen LogP contribution is 2.48. The molecule has 4 heterocycles. The molecule has 0 aromatic carbocycles. The SMILES string of the molecule is Cc1nc(C)c2ncn([C@@H]3O[C@@H]4CO[Si](C(C)C)(C(C)C)O[Si](C(C)C)(C(C)C)O[C@@H]4C3O)c2n1. The lowest BCUT2D eigenvalue weighted by atomic mass is 10.1. The van der Waals surface area contributed by atoms with Gasteiger partial charge in [0.05, 0.1) is 18.6 Å². The molecule has 196 valence electrons. The van der Waals surface area contributed by atoms with Crippen molar-refractivity contribution in [2.45, 2.75) is 116 Å². The van der Waals surface area contributed by atoms with E-state index in [1.54, 1.807) is 10.9 Å². The molecule has 0 aliphatic carbocycles. The van der Waals surface area contributed by atoms with Crippen molar-refractivity contribution in [1.29, 1.82) is 0 Å². The number of ether oxygens (including phenoxy) is 1. The van der Waals surface area contributed by atoms with Gasteiger partial charge in [-0.1, -0.05) is 55.4 Å². The molecule has 9 nitrogen and oxygen atoms in total. The van der Waals surface area contributed by atoms with Gasteiger partial charge in [0.2, 0.25) is 0 Å². The first kappa shape index (κ1) is 26.8. The number of aromatic nitrogens is 4. The van der Waals surface area contributed by atoms with Gasteiger partial charge in [0.15, 0.2) is 11.9 Å². The Kier molecular flexibility index (Phi) is 7.35. The van der Waals surface area contributed by atoms with Gasteiger partial charge in [-0.3, -0.25) is 4.57 Å². The summed E-state index contributed by atoms with van der Waals surface area (Å²) in [6, 6.07) is 0. The first-order valence-corrected chi connectivity index (χ1v) is 16.8. The molecule has 2 aliphatic heterocycles. The summed E-state index contributed by atoms with van der Waals surface area (Å²) < 4.78 is 29.3. The molecule has 1 unspecified atom stereocenters. The Morgan fingerprint density at radius 1 is 0.943 bits per heavy atom. The molecule has 11 heteroatoms. The number of aliphatic hydroxyl groups excluding tert-OH is 1. The zero-order chi connectivity index (χ0) is 25.9. The Morgan fingerprint density at radius 2 is 1.54 bits per heavy atom. The number of imidazole rings is 1. The summed E-state index contributed by atoms with van der Waals surface area (Å²) >= 11 is 0. The summed E-state index contributed by atoms with van der Waals surface area (Å²) in [5.41, 5.74) is 2.99. The van der Waals surface area contributed by atoms with Gasteiger partial charge in [0, 0.05) is 0 Å². The summed E-state index contributed by atoms with van der Waals surface area (Å²) in [6.07, 6.45) is -0.923. The lowest BCUT2D eigenvalue weighted by Gasteiger charge is -2.51. The molecule has 1 N–H and O–H groups in total. The number of hydrogen-bond acceptors (Lipinski definition) is 8. The van der Waals surface area contributed by atoms with Gasteiger partial charge in [-0.2, -0.15) is 0 Å². The third-order valence-electron chi connectivity index (χ3n) is 7.62. The summed E-state index contributed by atoms with van der Waals surface area (Å²) in [4.78, 5) is 13.5. The highest BCUT2D eigenvalue weighted by Gasteiger charge is 2.61. The molecule has 0 radical (unpaired) electrons. The van der Waals surface area contributed by atoms with Gasteiger partial charge in [-0.25, -0.2) is 15.0 Å². The Labute approximate surface area is 211 Å². The molecule has 35 heavy (non-hydrogen) atoms. The molecule has 2 fully saturated rings. The molecule has 2 saturated heterocycles. The first-order valence-electron chi connectivity index (χ1n) is 12.9. The van der Waals surface area contributed by atoms with Gasteiger partial charge in [0.25, 0.3) is 0 Å². The number of fused-ring (bicyclic) bond motifs is 2. The second kappa shape index (κ2) is 9.58. The van der Waals surface area contributed by atoms with E-state index in [0.29, 0.717) is 23.6 Å². The average Bonchev–Trinajstić information content (AvgIpc) is 3.28. The minimum absolute atomic E-state index is 0.174. The van der Waals surface area contributed by atoms with Crippen LogP contribution < -0.4 is 0 Å². The summed E-state index contributed by atoms with van der Waals surface area (Å²) in [5.74, 6) is 0.652. The number of nitrogens with zero attached hydrogens (tertiary/aromatic N) is 4. The maximum Gasteiger partial charge on any atom is 0.335 e. The Morgan fingerprint density at radius 3 is 2.11 bits per heavy atom. The predicted molar refractivity (Wildman–Crippen MR) is 139 cm³/mol. The van der Waals surface area contributed by atoms with E-state index in [-0.39, 0.29) is 22.2 Å². The van der Waals surface area contributed by atoms with Crippen molar-refractivity contribution >= 4 is 28.3 Å². The van der Waals surface area contributed by atoms with E-state index in [0.717, 1.165) is 5.69 Å². The van der Waals surface area contributed by atoms with E-state index in [4.69, 9.17) is 17.7 Å². The minimum Gasteiger partial charge on any atom is -0.414 e. The molecule has 0 saturated carbocycles. The summed E-state index contributed by atoms with van der Waals surface area (Å²) in [5, 5.41) is 11.6. The maximum absolute atomic E-state index is 11.6. The number of hydrogen-bond donors (Lipinski definition) is 1. The van der Waals surface area contributed by atoms with Crippen LogP contribution in [0.15, 0.2) is 6.33 Å². The van der Waals surface area contributed by atoms with Crippen LogP contribution in [0.4, 0.5) is 0 Å². The van der Waals surface area contributed by atoms with Crippen LogP contribution in [0.25, 0.3) is 11.2 Å². The topological polar surface area (TPSA) is 101 Å². The number of aryl methyl sites for hydroxylation is 2. The van der Waals surface area contributed by atoms with Gasteiger partial charge in [0.1, 0.15) is 29.7 Å². The zero-order valence-electron chi connectivity index (χ0n) is 22.8. The van der Waals surface area contributed by atoms with Crippen molar-refractivity contribution in [2.75, 3.05) is 6.61 Å². The fourth-order valence-corrected chi connectivity index (χ4v) is 17.0. The monoisotopic (exact) mass is 522 g/mol. The Hall–Kier alpha value is -1.22. The van der Waals surface area contributed by atoms with Crippen molar-refractivity contribution in [3.8, 4) is 0 Å². The van der Waals surface area contributed by atoms with Crippen LogP contribution in [0.5, 0.6) is 0 Å². The fourth-order valence-electron chi connectivity index (χ4n) is 5.75. The van der Waals surface area contributed by atoms with E-state index in [9.17, 15) is 5.11 Å². The second-order valence-electron chi connectivity index (χ2n) is 11.3. The molecule has 2 aromatic rings. The highest BCUT2D eigenvalue weighted by molar-refractivity contribution is 6.83. The molecule has 4 atom stereocenters. The minimum atomic E-state index is -2.85. The first-order chi connectivity index (χ1) is 16.3. The number of rotatable bonds is 5. The van der Waals surface area contributed by atoms with Crippen molar-refractivity contribution in [3.63, 3.8) is 0 Å². The average molecular weight is 523 g/mol. The molecule has 0 spiro atoms. The van der Waals surface area contributed by atoms with Crippen molar-refractivity contribution in [2.24, 2.45) is 0 Å². The fraction of sp³-hybridized carbons (Fsp3) is 0.792. The molecule has 0 amide bonds. The van der Waals surface area contributed by atoms with Crippen LogP contribution in [-0.4, -0.2) is 66.7 Å². The van der Waals surface area contributed by atoms with Crippen molar-refractivity contribution in [3.05, 3.63) is 17.8 Å². The lowest BCUT2D eigenvalue weighted by molar-refractivity contribution is -0.0570. The van der Waals surface area contributed by atoms with Crippen LogP contribution in [-0.2, 0) is 17.7 Å². The molecular formula is C24H42N4O5Si2. The molecular weight excluding hydrogens is 480 g/mol. The van der Waals surface area contributed by atoms with E-state index in [1.807, 2.05) is 13.8 Å². The lowest BCUT2D eigenvalue weighted by Crippen LogP contribution is -2.65. The zero-order valence-corrected chi connectivity index (χ0v) is 24.8. The molecule has 4 rings (SSSR count). The molecule has 2 aliphatic rings.